The lowest BCUT2D eigenvalue weighted by atomic mass is 9.98. The van der Waals surface area contributed by atoms with E-state index in [2.05, 4.69) is 277 Å². The van der Waals surface area contributed by atoms with Crippen LogP contribution in [0.4, 0.5) is 34.1 Å². The van der Waals surface area contributed by atoms with E-state index in [0.717, 1.165) is 45.3 Å². The van der Waals surface area contributed by atoms with Crippen molar-refractivity contribution in [2.24, 2.45) is 0 Å². The van der Waals surface area contributed by atoms with Gasteiger partial charge in [0.05, 0.1) is 17.1 Å². The van der Waals surface area contributed by atoms with Crippen molar-refractivity contribution >= 4 is 119 Å². The molecule has 2 heterocycles. The summed E-state index contributed by atoms with van der Waals surface area (Å²) in [5.41, 5.74) is 13.7. The van der Waals surface area contributed by atoms with Crippen LogP contribution in [0.2, 0.25) is 0 Å². The number of hydrogen-bond acceptors (Lipinski definition) is 4. The Morgan fingerprint density at radius 2 is 0.750 bits per heavy atom. The van der Waals surface area contributed by atoms with Gasteiger partial charge < -0.3 is 9.80 Å². The van der Waals surface area contributed by atoms with Crippen molar-refractivity contribution in [3.8, 4) is 33.4 Å². The zero-order valence-electron chi connectivity index (χ0n) is 39.1. The van der Waals surface area contributed by atoms with E-state index in [4.69, 9.17) is 0 Å². The van der Waals surface area contributed by atoms with Gasteiger partial charge in [-0.3, -0.25) is 0 Å². The molecule has 0 aliphatic carbocycles. The zero-order chi connectivity index (χ0) is 47.5. The minimum absolute atomic E-state index is 1.08. The van der Waals surface area contributed by atoms with Crippen molar-refractivity contribution in [1.82, 2.24) is 0 Å². The molecule has 0 unspecified atom stereocenters. The lowest BCUT2D eigenvalue weighted by Crippen LogP contribution is -2.12. The predicted octanol–water partition coefficient (Wildman–Crippen LogP) is 20.7. The number of hydrogen-bond donors (Lipinski definition) is 0. The number of anilines is 6. The van der Waals surface area contributed by atoms with E-state index in [-0.39, 0.29) is 0 Å². The number of rotatable bonds is 9. The molecule has 0 N–H and O–H groups in total. The Bertz CT molecular complexity index is 4360. The predicted molar refractivity (Wildman–Crippen MR) is 313 cm³/mol. The Labute approximate surface area is 426 Å². The highest BCUT2D eigenvalue weighted by Gasteiger charge is 2.24. The van der Waals surface area contributed by atoms with Crippen molar-refractivity contribution in [1.29, 1.82) is 0 Å². The van der Waals surface area contributed by atoms with Gasteiger partial charge >= 0.3 is 0 Å². The lowest BCUT2D eigenvalue weighted by molar-refractivity contribution is 1.29. The average molecular weight is 953 g/mol. The molecule has 72 heavy (non-hydrogen) atoms. The molecule has 2 aromatic heterocycles. The zero-order valence-corrected chi connectivity index (χ0v) is 40.7. The molecule has 0 saturated heterocycles. The monoisotopic (exact) mass is 952 g/mol. The molecule has 338 valence electrons. The largest absolute Gasteiger partial charge is 0.310 e. The number of thiophene rings is 2. The third kappa shape index (κ3) is 7.23. The van der Waals surface area contributed by atoms with Crippen LogP contribution in [0.5, 0.6) is 0 Å². The second kappa shape index (κ2) is 17.6. The van der Waals surface area contributed by atoms with E-state index in [1.807, 2.05) is 22.7 Å². The van der Waals surface area contributed by atoms with Crippen LogP contribution in [0.15, 0.2) is 267 Å². The SMILES string of the molecule is c1ccc(-c2cccc(N(c3cccc(-c4ccccc4N(c4ccc(-c5ccc6ccccc6c5)cc4)c4cccc5sc6ccc7ccccc7c6c45)c3)c3cccc4sc5ccccc5c34)c2)cc1. The van der Waals surface area contributed by atoms with Gasteiger partial charge in [0, 0.05) is 63.0 Å². The Morgan fingerprint density at radius 1 is 0.236 bits per heavy atom. The lowest BCUT2D eigenvalue weighted by Gasteiger charge is -2.30. The molecule has 0 fully saturated rings. The van der Waals surface area contributed by atoms with Crippen LogP contribution in [0.25, 0.3) is 95.3 Å². The second-order valence-corrected chi connectivity index (χ2v) is 20.6. The Balaban J connectivity index is 0.975. The molecular formula is C68H44N2S2. The van der Waals surface area contributed by atoms with Gasteiger partial charge in [0.2, 0.25) is 0 Å². The topological polar surface area (TPSA) is 6.48 Å². The third-order valence-corrected chi connectivity index (χ3v) is 16.5. The number of fused-ring (bicyclic) bond motifs is 9. The van der Waals surface area contributed by atoms with Crippen LogP contribution < -0.4 is 9.80 Å². The average Bonchev–Trinajstić information content (AvgIpc) is 4.04. The summed E-state index contributed by atoms with van der Waals surface area (Å²) in [6, 6.07) is 98.1. The van der Waals surface area contributed by atoms with Crippen LogP contribution in [-0.2, 0) is 0 Å². The summed E-state index contributed by atoms with van der Waals surface area (Å²) in [6.45, 7) is 0. The molecule has 0 aliphatic heterocycles. The first-order chi connectivity index (χ1) is 35.7. The van der Waals surface area contributed by atoms with Gasteiger partial charge in [-0.2, -0.15) is 0 Å². The second-order valence-electron chi connectivity index (χ2n) is 18.4. The molecule has 0 amide bonds. The molecular weight excluding hydrogens is 909 g/mol. The fraction of sp³-hybridized carbons (Fsp3) is 0. The molecule has 0 saturated carbocycles. The molecule has 2 nitrogen and oxygen atoms in total. The van der Waals surface area contributed by atoms with E-state index in [1.54, 1.807) is 0 Å². The Kier molecular flexibility index (Phi) is 10.3. The van der Waals surface area contributed by atoms with Gasteiger partial charge in [-0.05, 0) is 134 Å². The summed E-state index contributed by atoms with van der Waals surface area (Å²) in [5, 5.41) is 10.1. The van der Waals surface area contributed by atoms with Crippen LogP contribution in [-0.4, -0.2) is 0 Å². The first kappa shape index (κ1) is 42.1. The first-order valence-corrected chi connectivity index (χ1v) is 26.1. The number of para-hydroxylation sites is 1. The van der Waals surface area contributed by atoms with Crippen LogP contribution in [0.3, 0.4) is 0 Å². The molecule has 0 radical (unpaired) electrons. The highest BCUT2D eigenvalue weighted by atomic mass is 32.1. The fourth-order valence-electron chi connectivity index (χ4n) is 10.9. The first-order valence-electron chi connectivity index (χ1n) is 24.5. The summed E-state index contributed by atoms with van der Waals surface area (Å²) in [5.74, 6) is 0. The van der Waals surface area contributed by atoms with Crippen molar-refractivity contribution < 1.29 is 0 Å². The van der Waals surface area contributed by atoms with Gasteiger partial charge in [0.15, 0.2) is 0 Å². The maximum Gasteiger partial charge on any atom is 0.0555 e. The molecule has 12 aromatic carbocycles. The summed E-state index contributed by atoms with van der Waals surface area (Å²) in [4.78, 5) is 4.97. The van der Waals surface area contributed by atoms with Gasteiger partial charge in [-0.25, -0.2) is 0 Å². The number of nitrogens with zero attached hydrogens (tertiary/aromatic N) is 2. The van der Waals surface area contributed by atoms with Crippen molar-refractivity contribution in [2.45, 2.75) is 0 Å². The minimum Gasteiger partial charge on any atom is -0.310 e. The van der Waals surface area contributed by atoms with E-state index in [9.17, 15) is 0 Å². The Morgan fingerprint density at radius 3 is 1.57 bits per heavy atom. The van der Waals surface area contributed by atoms with Crippen LogP contribution >= 0.6 is 22.7 Å². The summed E-state index contributed by atoms with van der Waals surface area (Å²) >= 11 is 3.73. The molecule has 14 aromatic rings. The van der Waals surface area contributed by atoms with Crippen molar-refractivity contribution in [3.63, 3.8) is 0 Å². The smallest absolute Gasteiger partial charge is 0.0555 e. The molecule has 0 atom stereocenters. The summed E-state index contributed by atoms with van der Waals surface area (Å²) in [6.07, 6.45) is 0. The summed E-state index contributed by atoms with van der Waals surface area (Å²) < 4.78 is 5.10. The van der Waals surface area contributed by atoms with Gasteiger partial charge in [0.1, 0.15) is 0 Å². The standard InChI is InChI=1S/C68H44N2S2/c1-2-16-45(17-3-1)50-21-12-23-54(43-50)69(60-29-14-32-63-66(60)58-27-9-11-31-62(58)71-63)55-24-13-22-52(44-55)56-25-8-10-28-59(56)70(53-39-36-47(37-40-53)51-35-34-46-18-4-5-20-49(46)42-51)61-30-15-33-64-68(61)67-57-26-7-6-19-48(57)38-41-65(67)72-64/h1-44H. The molecule has 0 spiro atoms. The van der Waals surface area contributed by atoms with E-state index < -0.39 is 0 Å². The van der Waals surface area contributed by atoms with Gasteiger partial charge in [-0.1, -0.05) is 182 Å². The summed E-state index contributed by atoms with van der Waals surface area (Å²) in [7, 11) is 0. The van der Waals surface area contributed by atoms with E-state index >= 15 is 0 Å². The van der Waals surface area contributed by atoms with Gasteiger partial charge in [-0.15, -0.1) is 22.7 Å². The van der Waals surface area contributed by atoms with E-state index in [1.165, 1.54) is 84.1 Å². The maximum atomic E-state index is 2.50. The quantitative estimate of drug-likeness (QED) is 0.142. The normalized spacial score (nSPS) is 11.6. The fourth-order valence-corrected chi connectivity index (χ4v) is 13.2. The molecule has 0 bridgehead atoms. The third-order valence-electron chi connectivity index (χ3n) is 14.2. The van der Waals surface area contributed by atoms with Gasteiger partial charge in [0.25, 0.3) is 0 Å². The van der Waals surface area contributed by atoms with Crippen molar-refractivity contribution in [3.05, 3.63) is 267 Å². The van der Waals surface area contributed by atoms with Crippen LogP contribution in [0, 0.1) is 0 Å². The van der Waals surface area contributed by atoms with E-state index in [0.29, 0.717) is 0 Å². The minimum atomic E-state index is 1.08. The highest BCUT2D eigenvalue weighted by Crippen LogP contribution is 2.51. The molecule has 0 aliphatic rings. The maximum absolute atomic E-state index is 2.50. The molecule has 14 rings (SSSR count). The van der Waals surface area contributed by atoms with Crippen LogP contribution in [0.1, 0.15) is 0 Å². The highest BCUT2D eigenvalue weighted by molar-refractivity contribution is 7.26. The Hall–Kier alpha value is -8.80. The van der Waals surface area contributed by atoms with Crippen molar-refractivity contribution in [2.75, 3.05) is 9.80 Å². The molecule has 4 heteroatoms. The number of benzene rings is 12.